The maximum atomic E-state index is 11.0. The molecule has 1 amide bonds. The zero-order valence-electron chi connectivity index (χ0n) is 8.90. The molecule has 0 unspecified atom stereocenters. The Morgan fingerprint density at radius 1 is 1.69 bits per heavy atom. The number of carbonyl (C=O) groups excluding carboxylic acids is 1. The summed E-state index contributed by atoms with van der Waals surface area (Å²) >= 11 is 0. The first-order valence-electron chi connectivity index (χ1n) is 5.11. The van der Waals surface area contributed by atoms with Gasteiger partial charge in [0, 0.05) is 18.2 Å². The molecule has 1 aliphatic rings. The van der Waals surface area contributed by atoms with Gasteiger partial charge in [-0.05, 0) is 6.08 Å². The molecule has 1 aromatic heterocycles. The third kappa shape index (κ3) is 2.43. The van der Waals surface area contributed by atoms with Gasteiger partial charge in [-0.25, -0.2) is 9.97 Å². The molecule has 0 aliphatic carbocycles. The highest BCUT2D eigenvalue weighted by molar-refractivity contribution is 5.86. The van der Waals surface area contributed by atoms with E-state index in [9.17, 15) is 4.79 Å². The number of nitrogens with zero attached hydrogens (tertiary/aromatic N) is 2. The monoisotopic (exact) mass is 219 g/mol. The molecular formula is C11H13N3O2. The summed E-state index contributed by atoms with van der Waals surface area (Å²) in [4.78, 5) is 19.5. The van der Waals surface area contributed by atoms with Crippen LogP contribution in [0.2, 0.25) is 0 Å². The molecule has 16 heavy (non-hydrogen) atoms. The van der Waals surface area contributed by atoms with Gasteiger partial charge in [0.25, 0.3) is 0 Å². The maximum absolute atomic E-state index is 11.0. The summed E-state index contributed by atoms with van der Waals surface area (Å²) in [6, 6.07) is 0. The normalized spacial score (nSPS) is 14.0. The lowest BCUT2D eigenvalue weighted by Crippen LogP contribution is -2.22. The predicted molar refractivity (Wildman–Crippen MR) is 57.4 cm³/mol. The van der Waals surface area contributed by atoms with Crippen molar-refractivity contribution in [3.05, 3.63) is 35.9 Å². The molecule has 0 spiro atoms. The molecule has 1 N–H and O–H groups in total. The van der Waals surface area contributed by atoms with Crippen molar-refractivity contribution in [2.24, 2.45) is 0 Å². The van der Waals surface area contributed by atoms with E-state index in [0.29, 0.717) is 25.6 Å². The summed E-state index contributed by atoms with van der Waals surface area (Å²) in [5.41, 5.74) is 2.05. The first kappa shape index (κ1) is 10.8. The van der Waals surface area contributed by atoms with Crippen LogP contribution in [0.5, 0.6) is 0 Å². The number of carbonyl (C=O) groups is 1. The zero-order chi connectivity index (χ0) is 11.4. The van der Waals surface area contributed by atoms with Gasteiger partial charge in [0.1, 0.15) is 5.82 Å². The molecule has 0 radical (unpaired) electrons. The molecule has 0 fully saturated rings. The number of ether oxygens (including phenoxy) is 1. The minimum absolute atomic E-state index is 0.218. The Hall–Kier alpha value is -1.75. The highest BCUT2D eigenvalue weighted by Crippen LogP contribution is 2.13. The molecule has 1 aromatic rings. The van der Waals surface area contributed by atoms with E-state index in [1.54, 1.807) is 6.20 Å². The van der Waals surface area contributed by atoms with Gasteiger partial charge in [-0.3, -0.25) is 4.79 Å². The van der Waals surface area contributed by atoms with Gasteiger partial charge in [0.05, 0.1) is 25.5 Å². The molecule has 84 valence electrons. The Morgan fingerprint density at radius 3 is 3.38 bits per heavy atom. The van der Waals surface area contributed by atoms with Crippen LogP contribution in [-0.4, -0.2) is 22.5 Å². The Labute approximate surface area is 93.6 Å². The quantitative estimate of drug-likeness (QED) is 0.745. The van der Waals surface area contributed by atoms with E-state index in [1.807, 2.05) is 0 Å². The summed E-state index contributed by atoms with van der Waals surface area (Å²) < 4.78 is 5.29. The molecule has 2 heterocycles. The lowest BCUT2D eigenvalue weighted by Gasteiger charge is -2.15. The molecule has 0 atom stereocenters. The summed E-state index contributed by atoms with van der Waals surface area (Å²) in [6.07, 6.45) is 3.80. The third-order valence-corrected chi connectivity index (χ3v) is 2.35. The number of rotatable bonds is 3. The average molecular weight is 219 g/mol. The van der Waals surface area contributed by atoms with Crippen LogP contribution in [0.1, 0.15) is 17.1 Å². The van der Waals surface area contributed by atoms with Crippen LogP contribution in [0, 0.1) is 0 Å². The highest BCUT2D eigenvalue weighted by Gasteiger charge is 2.12. The number of amides is 1. The van der Waals surface area contributed by atoms with Gasteiger partial charge >= 0.3 is 0 Å². The van der Waals surface area contributed by atoms with E-state index >= 15 is 0 Å². The Kier molecular flexibility index (Phi) is 3.26. The van der Waals surface area contributed by atoms with Crippen LogP contribution in [0.4, 0.5) is 0 Å². The molecule has 5 heteroatoms. The largest absolute Gasteiger partial charge is 0.376 e. The van der Waals surface area contributed by atoms with Crippen LogP contribution in [0.15, 0.2) is 18.9 Å². The molecule has 0 saturated carbocycles. The Balaban J connectivity index is 2.05. The van der Waals surface area contributed by atoms with Gasteiger partial charge in [0.2, 0.25) is 5.91 Å². The minimum Gasteiger partial charge on any atom is -0.376 e. The number of nitrogens with one attached hydrogen (secondary N) is 1. The number of hydrogen-bond acceptors (Lipinski definition) is 4. The molecule has 0 bridgehead atoms. The smallest absolute Gasteiger partial charge is 0.243 e. The van der Waals surface area contributed by atoms with Crippen molar-refractivity contribution < 1.29 is 9.53 Å². The minimum atomic E-state index is -0.218. The van der Waals surface area contributed by atoms with Crippen molar-refractivity contribution >= 4 is 5.91 Å². The van der Waals surface area contributed by atoms with Crippen LogP contribution in [-0.2, 0) is 29.1 Å². The number of hydrogen-bond donors (Lipinski definition) is 1. The predicted octanol–water partition coefficient (Wildman–Crippen LogP) is 0.351. The van der Waals surface area contributed by atoms with E-state index in [4.69, 9.17) is 4.74 Å². The molecule has 1 aliphatic heterocycles. The topological polar surface area (TPSA) is 64.1 Å². The van der Waals surface area contributed by atoms with Crippen LogP contribution < -0.4 is 5.32 Å². The second kappa shape index (κ2) is 4.85. The second-order valence-electron chi connectivity index (χ2n) is 3.48. The second-order valence-corrected chi connectivity index (χ2v) is 3.48. The molecule has 0 saturated heterocycles. The van der Waals surface area contributed by atoms with Gasteiger partial charge < -0.3 is 10.1 Å². The van der Waals surface area contributed by atoms with Crippen molar-refractivity contribution in [2.45, 2.75) is 19.6 Å². The van der Waals surface area contributed by atoms with E-state index in [0.717, 1.165) is 17.7 Å². The van der Waals surface area contributed by atoms with Crippen LogP contribution >= 0.6 is 0 Å². The lowest BCUT2D eigenvalue weighted by atomic mass is 10.1. The standard InChI is InChI=1S/C11H13N3O2/c1-2-11(15)13-6-10-12-5-8-7-16-4-3-9(8)14-10/h2,5H,1,3-4,6-7H2,(H,13,15). The number of aromatic nitrogens is 2. The van der Waals surface area contributed by atoms with E-state index in [-0.39, 0.29) is 5.91 Å². The summed E-state index contributed by atoms with van der Waals surface area (Å²) in [5, 5.41) is 2.64. The third-order valence-electron chi connectivity index (χ3n) is 2.35. The van der Waals surface area contributed by atoms with Gasteiger partial charge in [-0.1, -0.05) is 6.58 Å². The average Bonchev–Trinajstić information content (AvgIpc) is 2.35. The highest BCUT2D eigenvalue weighted by atomic mass is 16.5. The zero-order valence-corrected chi connectivity index (χ0v) is 8.90. The van der Waals surface area contributed by atoms with Gasteiger partial charge in [-0.2, -0.15) is 0 Å². The van der Waals surface area contributed by atoms with Crippen molar-refractivity contribution in [1.29, 1.82) is 0 Å². The Bertz CT molecular complexity index is 418. The van der Waals surface area contributed by atoms with E-state index in [2.05, 4.69) is 21.9 Å². The summed E-state index contributed by atoms with van der Waals surface area (Å²) in [6.45, 7) is 4.98. The van der Waals surface area contributed by atoms with Crippen LogP contribution in [0.3, 0.4) is 0 Å². The molecular weight excluding hydrogens is 206 g/mol. The molecule has 2 rings (SSSR count). The number of fused-ring (bicyclic) bond motifs is 1. The van der Waals surface area contributed by atoms with Crippen molar-refractivity contribution in [1.82, 2.24) is 15.3 Å². The van der Waals surface area contributed by atoms with Gasteiger partial charge in [0.15, 0.2) is 0 Å². The SMILES string of the molecule is C=CC(=O)NCc1ncc2c(n1)CCOC2. The maximum Gasteiger partial charge on any atom is 0.243 e. The fraction of sp³-hybridized carbons (Fsp3) is 0.364. The van der Waals surface area contributed by atoms with Crippen LogP contribution in [0.25, 0.3) is 0 Å². The van der Waals surface area contributed by atoms with E-state index < -0.39 is 0 Å². The first-order valence-corrected chi connectivity index (χ1v) is 5.11. The molecule has 0 aromatic carbocycles. The Morgan fingerprint density at radius 2 is 2.56 bits per heavy atom. The fourth-order valence-electron chi connectivity index (χ4n) is 1.49. The summed E-state index contributed by atoms with van der Waals surface area (Å²) in [5.74, 6) is 0.403. The van der Waals surface area contributed by atoms with Crippen molar-refractivity contribution in [3.63, 3.8) is 0 Å². The molecule has 5 nitrogen and oxygen atoms in total. The van der Waals surface area contributed by atoms with Gasteiger partial charge in [-0.15, -0.1) is 0 Å². The van der Waals surface area contributed by atoms with Crippen molar-refractivity contribution in [2.75, 3.05) is 6.61 Å². The van der Waals surface area contributed by atoms with E-state index in [1.165, 1.54) is 6.08 Å². The van der Waals surface area contributed by atoms with Crippen molar-refractivity contribution in [3.8, 4) is 0 Å². The lowest BCUT2D eigenvalue weighted by molar-refractivity contribution is -0.116. The summed E-state index contributed by atoms with van der Waals surface area (Å²) in [7, 11) is 0. The fourth-order valence-corrected chi connectivity index (χ4v) is 1.49. The first-order chi connectivity index (χ1) is 7.79.